The third-order valence-electron chi connectivity index (χ3n) is 2.41. The molecule has 1 aromatic carbocycles. The standard InChI is InChI=1S/C11H14N2O3/c1-12-6-8(14)7-13-9-4-2-3-5-10(9)16-11(13)15/h2-5,8,12,14H,6-7H2,1H3. The van der Waals surface area contributed by atoms with Crippen LogP contribution in [0.3, 0.4) is 0 Å². The molecule has 2 rings (SSSR count). The van der Waals surface area contributed by atoms with Crippen molar-refractivity contribution in [3.63, 3.8) is 0 Å². The predicted molar refractivity (Wildman–Crippen MR) is 60.4 cm³/mol. The van der Waals surface area contributed by atoms with Crippen LogP contribution in [-0.4, -0.2) is 29.4 Å². The van der Waals surface area contributed by atoms with Crippen LogP contribution in [0.5, 0.6) is 0 Å². The molecule has 1 heterocycles. The Bertz CT molecular complexity index is 529. The van der Waals surface area contributed by atoms with E-state index in [-0.39, 0.29) is 6.54 Å². The van der Waals surface area contributed by atoms with Crippen molar-refractivity contribution in [1.29, 1.82) is 0 Å². The first kappa shape index (κ1) is 10.9. The van der Waals surface area contributed by atoms with Gasteiger partial charge in [0, 0.05) is 6.54 Å². The summed E-state index contributed by atoms with van der Waals surface area (Å²) in [5.41, 5.74) is 1.26. The number of likely N-dealkylation sites (N-methyl/N-ethyl adjacent to an activating group) is 1. The Hall–Kier alpha value is -1.59. The normalized spacial score (nSPS) is 13.1. The molecule has 0 aliphatic heterocycles. The van der Waals surface area contributed by atoms with Crippen molar-refractivity contribution in [2.75, 3.05) is 13.6 Å². The second kappa shape index (κ2) is 4.51. The lowest BCUT2D eigenvalue weighted by atomic mass is 10.3. The molecule has 0 aliphatic carbocycles. The third kappa shape index (κ3) is 2.00. The van der Waals surface area contributed by atoms with Gasteiger partial charge in [0.15, 0.2) is 5.58 Å². The maximum absolute atomic E-state index is 11.5. The van der Waals surface area contributed by atoms with Crippen molar-refractivity contribution in [3.05, 3.63) is 34.8 Å². The monoisotopic (exact) mass is 222 g/mol. The summed E-state index contributed by atoms with van der Waals surface area (Å²) in [6.45, 7) is 0.669. The highest BCUT2D eigenvalue weighted by atomic mass is 16.4. The molecule has 5 heteroatoms. The molecule has 0 radical (unpaired) electrons. The van der Waals surface area contributed by atoms with Crippen LogP contribution in [0, 0.1) is 0 Å². The lowest BCUT2D eigenvalue weighted by Crippen LogP contribution is -2.30. The zero-order valence-corrected chi connectivity index (χ0v) is 9.01. The van der Waals surface area contributed by atoms with Crippen molar-refractivity contribution in [3.8, 4) is 0 Å². The van der Waals surface area contributed by atoms with Crippen LogP contribution in [-0.2, 0) is 6.54 Å². The summed E-state index contributed by atoms with van der Waals surface area (Å²) in [5.74, 6) is -0.434. The van der Waals surface area contributed by atoms with Crippen LogP contribution >= 0.6 is 0 Å². The van der Waals surface area contributed by atoms with Crippen LogP contribution in [0.4, 0.5) is 0 Å². The van der Waals surface area contributed by atoms with E-state index < -0.39 is 11.9 Å². The number of aliphatic hydroxyl groups is 1. The maximum atomic E-state index is 11.5. The summed E-state index contributed by atoms with van der Waals surface area (Å²) in [7, 11) is 1.75. The Morgan fingerprint density at radius 3 is 3.00 bits per heavy atom. The molecule has 2 N–H and O–H groups in total. The molecule has 1 atom stereocenters. The fourth-order valence-electron chi connectivity index (χ4n) is 1.70. The largest absolute Gasteiger partial charge is 0.420 e. The Balaban J connectivity index is 2.36. The number of aliphatic hydroxyl groups excluding tert-OH is 1. The molecule has 86 valence electrons. The molecular weight excluding hydrogens is 208 g/mol. The van der Waals surface area contributed by atoms with Gasteiger partial charge in [-0.1, -0.05) is 12.1 Å². The number of oxazole rings is 1. The maximum Gasteiger partial charge on any atom is 0.420 e. The minimum Gasteiger partial charge on any atom is -0.408 e. The van der Waals surface area contributed by atoms with E-state index in [0.717, 1.165) is 0 Å². The smallest absolute Gasteiger partial charge is 0.408 e. The van der Waals surface area contributed by atoms with Gasteiger partial charge in [0.25, 0.3) is 0 Å². The highest BCUT2D eigenvalue weighted by molar-refractivity contribution is 5.72. The van der Waals surface area contributed by atoms with E-state index in [1.54, 1.807) is 25.2 Å². The lowest BCUT2D eigenvalue weighted by Gasteiger charge is -2.09. The van der Waals surface area contributed by atoms with Gasteiger partial charge >= 0.3 is 5.76 Å². The van der Waals surface area contributed by atoms with Crippen molar-refractivity contribution in [1.82, 2.24) is 9.88 Å². The highest BCUT2D eigenvalue weighted by Crippen LogP contribution is 2.11. The number of rotatable bonds is 4. The number of nitrogens with one attached hydrogen (secondary N) is 1. The van der Waals surface area contributed by atoms with Crippen LogP contribution in [0.15, 0.2) is 33.5 Å². The van der Waals surface area contributed by atoms with Crippen molar-refractivity contribution in [2.45, 2.75) is 12.6 Å². The minimum atomic E-state index is -0.608. The van der Waals surface area contributed by atoms with Gasteiger partial charge in [-0.25, -0.2) is 4.79 Å². The number of benzene rings is 1. The fraction of sp³-hybridized carbons (Fsp3) is 0.364. The van der Waals surface area contributed by atoms with Gasteiger partial charge in [0.05, 0.1) is 18.2 Å². The van der Waals surface area contributed by atoms with E-state index in [1.165, 1.54) is 4.57 Å². The average Bonchev–Trinajstić information content (AvgIpc) is 2.56. The van der Waals surface area contributed by atoms with Gasteiger partial charge in [-0.3, -0.25) is 4.57 Å². The number of hydrogen-bond donors (Lipinski definition) is 2. The molecule has 0 bridgehead atoms. The summed E-state index contributed by atoms with van der Waals surface area (Å²) in [5, 5.41) is 12.5. The van der Waals surface area contributed by atoms with Crippen molar-refractivity contribution in [2.24, 2.45) is 0 Å². The number of aromatic nitrogens is 1. The van der Waals surface area contributed by atoms with Gasteiger partial charge in [0.1, 0.15) is 0 Å². The molecule has 0 saturated heterocycles. The van der Waals surface area contributed by atoms with Gasteiger partial charge in [0.2, 0.25) is 0 Å². The number of para-hydroxylation sites is 2. The van der Waals surface area contributed by atoms with Gasteiger partial charge in [-0.2, -0.15) is 0 Å². The molecule has 0 aliphatic rings. The molecular formula is C11H14N2O3. The first-order valence-corrected chi connectivity index (χ1v) is 5.13. The van der Waals surface area contributed by atoms with Crippen LogP contribution in [0.25, 0.3) is 11.1 Å². The summed E-state index contributed by atoms with van der Waals surface area (Å²) in [6.07, 6.45) is -0.608. The third-order valence-corrected chi connectivity index (χ3v) is 2.41. The molecule has 0 spiro atoms. The average molecular weight is 222 g/mol. The van der Waals surface area contributed by atoms with Crippen LogP contribution in [0.2, 0.25) is 0 Å². The molecule has 1 aromatic heterocycles. The van der Waals surface area contributed by atoms with Gasteiger partial charge in [-0.15, -0.1) is 0 Å². The molecule has 0 amide bonds. The Labute approximate surface area is 92.3 Å². The van der Waals surface area contributed by atoms with Crippen LogP contribution in [0.1, 0.15) is 0 Å². The summed E-state index contributed by atoms with van der Waals surface area (Å²) < 4.78 is 6.50. The highest BCUT2D eigenvalue weighted by Gasteiger charge is 2.11. The molecule has 0 fully saturated rings. The van der Waals surface area contributed by atoms with Crippen molar-refractivity contribution < 1.29 is 9.52 Å². The number of nitrogens with zero attached hydrogens (tertiary/aromatic N) is 1. The zero-order valence-electron chi connectivity index (χ0n) is 9.01. The van der Waals surface area contributed by atoms with Crippen LogP contribution < -0.4 is 11.1 Å². The lowest BCUT2D eigenvalue weighted by molar-refractivity contribution is 0.152. The summed E-state index contributed by atoms with van der Waals surface area (Å²) in [4.78, 5) is 11.5. The van der Waals surface area contributed by atoms with E-state index in [1.807, 2.05) is 6.07 Å². The number of hydrogen-bond acceptors (Lipinski definition) is 4. The van der Waals surface area contributed by atoms with Gasteiger partial charge in [-0.05, 0) is 19.2 Å². The predicted octanol–water partition coefficient (Wildman–Crippen LogP) is 0.175. The number of fused-ring (bicyclic) bond motifs is 1. The Morgan fingerprint density at radius 2 is 2.25 bits per heavy atom. The molecule has 2 aromatic rings. The molecule has 1 unspecified atom stereocenters. The van der Waals surface area contributed by atoms with E-state index in [4.69, 9.17) is 4.42 Å². The van der Waals surface area contributed by atoms with E-state index >= 15 is 0 Å². The second-order valence-corrected chi connectivity index (χ2v) is 3.66. The van der Waals surface area contributed by atoms with Gasteiger partial charge < -0.3 is 14.8 Å². The molecule has 16 heavy (non-hydrogen) atoms. The summed E-state index contributed by atoms with van der Waals surface area (Å²) in [6, 6.07) is 7.17. The van der Waals surface area contributed by atoms with E-state index in [0.29, 0.717) is 17.6 Å². The Morgan fingerprint density at radius 1 is 1.50 bits per heavy atom. The molecule has 5 nitrogen and oxygen atoms in total. The SMILES string of the molecule is CNCC(O)Cn1c(=O)oc2ccccc21. The van der Waals surface area contributed by atoms with E-state index in [9.17, 15) is 9.90 Å². The molecule has 0 saturated carbocycles. The summed E-state index contributed by atoms with van der Waals surface area (Å²) >= 11 is 0. The fourth-order valence-corrected chi connectivity index (χ4v) is 1.70. The first-order chi connectivity index (χ1) is 7.72. The quantitative estimate of drug-likeness (QED) is 0.774. The van der Waals surface area contributed by atoms with E-state index in [2.05, 4.69) is 5.32 Å². The minimum absolute atomic E-state index is 0.233. The van der Waals surface area contributed by atoms with Crippen molar-refractivity contribution >= 4 is 11.1 Å². The zero-order chi connectivity index (χ0) is 11.5. The topological polar surface area (TPSA) is 67.4 Å². The Kier molecular flexibility index (Phi) is 3.07. The second-order valence-electron chi connectivity index (χ2n) is 3.66. The first-order valence-electron chi connectivity index (χ1n) is 5.13.